The molecule has 0 unspecified atom stereocenters. The third-order valence-electron chi connectivity index (χ3n) is 3.01. The number of para-hydroxylation sites is 3. The van der Waals surface area contributed by atoms with Gasteiger partial charge in [-0.2, -0.15) is 0 Å². The second-order valence-corrected chi connectivity index (χ2v) is 3.97. The zero-order chi connectivity index (χ0) is 12.5. The van der Waals surface area contributed by atoms with E-state index in [-0.39, 0.29) is 0 Å². The quantitative estimate of drug-likeness (QED) is 0.874. The van der Waals surface area contributed by atoms with Gasteiger partial charge in [-0.15, -0.1) is 0 Å². The number of ether oxygens (including phenoxy) is 1. The number of hydrogen-bond donors (Lipinski definition) is 1. The van der Waals surface area contributed by atoms with E-state index in [0.29, 0.717) is 0 Å². The predicted octanol–water partition coefficient (Wildman–Crippen LogP) is 3.45. The fourth-order valence-corrected chi connectivity index (χ4v) is 2.20. The lowest BCUT2D eigenvalue weighted by atomic mass is 10.1. The summed E-state index contributed by atoms with van der Waals surface area (Å²) in [5, 5.41) is 5.17. The van der Waals surface area contributed by atoms with Gasteiger partial charge in [-0.05, 0) is 24.3 Å². The molecule has 0 aliphatic carbocycles. The zero-order valence-corrected chi connectivity index (χ0v) is 10.3. The largest absolute Gasteiger partial charge is 0.494 e. The maximum Gasteiger partial charge on any atom is 0.144 e. The van der Waals surface area contributed by atoms with Crippen molar-refractivity contribution in [3.63, 3.8) is 0 Å². The smallest absolute Gasteiger partial charge is 0.144 e. The van der Waals surface area contributed by atoms with E-state index in [1.54, 1.807) is 19.3 Å². The normalized spacial score (nSPS) is 12.4. The first kappa shape index (κ1) is 10.9. The zero-order valence-electron chi connectivity index (χ0n) is 10.3. The first-order valence-corrected chi connectivity index (χ1v) is 5.72. The van der Waals surface area contributed by atoms with Gasteiger partial charge in [-0.25, -0.2) is 5.06 Å². The van der Waals surface area contributed by atoms with Gasteiger partial charge in [0, 0.05) is 0 Å². The molecule has 0 radical (unpaired) electrons. The number of nitrogens with zero attached hydrogens (tertiary/aromatic N) is 1. The van der Waals surface area contributed by atoms with Crippen LogP contribution in [0, 0.1) is 0 Å². The van der Waals surface area contributed by atoms with Crippen molar-refractivity contribution in [1.82, 2.24) is 0 Å². The van der Waals surface area contributed by atoms with Crippen LogP contribution in [0.1, 0.15) is 0 Å². The third kappa shape index (κ3) is 1.50. The highest BCUT2D eigenvalue weighted by Crippen LogP contribution is 2.47. The number of methoxy groups -OCH3 is 1. The van der Waals surface area contributed by atoms with Crippen molar-refractivity contribution in [1.29, 1.82) is 0 Å². The topological polar surface area (TPSA) is 33.7 Å². The molecule has 92 valence electrons. The number of benzene rings is 2. The Morgan fingerprint density at radius 1 is 0.944 bits per heavy atom. The van der Waals surface area contributed by atoms with Crippen LogP contribution in [0.15, 0.2) is 42.5 Å². The fourth-order valence-electron chi connectivity index (χ4n) is 2.20. The van der Waals surface area contributed by atoms with Crippen LogP contribution in [0.3, 0.4) is 0 Å². The van der Waals surface area contributed by atoms with Gasteiger partial charge in [0.25, 0.3) is 0 Å². The summed E-state index contributed by atoms with van der Waals surface area (Å²) in [5.41, 5.74) is 3.84. The molecule has 3 rings (SSSR count). The monoisotopic (exact) mass is 242 g/mol. The highest BCUT2D eigenvalue weighted by Gasteiger charge is 2.24. The van der Waals surface area contributed by atoms with E-state index in [1.165, 1.54) is 0 Å². The Morgan fingerprint density at radius 3 is 2.50 bits per heavy atom. The van der Waals surface area contributed by atoms with E-state index in [4.69, 9.17) is 9.57 Å². The van der Waals surface area contributed by atoms with Crippen molar-refractivity contribution in [3.05, 3.63) is 42.5 Å². The van der Waals surface area contributed by atoms with Crippen molar-refractivity contribution >= 4 is 22.7 Å². The minimum Gasteiger partial charge on any atom is -0.494 e. The second-order valence-electron chi connectivity index (χ2n) is 3.97. The van der Waals surface area contributed by atoms with Gasteiger partial charge >= 0.3 is 0 Å². The van der Waals surface area contributed by atoms with Crippen LogP contribution < -0.4 is 15.1 Å². The molecule has 2 aromatic carbocycles. The molecule has 1 aliphatic heterocycles. The Morgan fingerprint density at radius 2 is 1.72 bits per heavy atom. The molecule has 1 aliphatic rings. The predicted molar refractivity (Wildman–Crippen MR) is 71.9 cm³/mol. The van der Waals surface area contributed by atoms with Gasteiger partial charge in [0.05, 0.1) is 31.3 Å². The molecule has 1 heterocycles. The van der Waals surface area contributed by atoms with Gasteiger partial charge < -0.3 is 10.1 Å². The van der Waals surface area contributed by atoms with Crippen LogP contribution in [-0.2, 0) is 4.84 Å². The summed E-state index contributed by atoms with van der Waals surface area (Å²) in [7, 11) is 3.32. The number of nitrogens with one attached hydrogen (secondary N) is 1. The lowest BCUT2D eigenvalue weighted by Gasteiger charge is -2.32. The van der Waals surface area contributed by atoms with Gasteiger partial charge in [0.1, 0.15) is 11.4 Å². The summed E-state index contributed by atoms with van der Waals surface area (Å²) in [5.74, 6) is 0.795. The molecule has 1 N–H and O–H groups in total. The van der Waals surface area contributed by atoms with Gasteiger partial charge in [0.15, 0.2) is 0 Å². The molecule has 0 amide bonds. The molecule has 4 nitrogen and oxygen atoms in total. The van der Waals surface area contributed by atoms with Crippen molar-refractivity contribution in [3.8, 4) is 5.75 Å². The van der Waals surface area contributed by atoms with Crippen LogP contribution >= 0.6 is 0 Å². The number of rotatable bonds is 2. The second kappa shape index (κ2) is 4.23. The molecule has 4 heteroatoms. The molecule has 0 saturated carbocycles. The third-order valence-corrected chi connectivity index (χ3v) is 3.01. The highest BCUT2D eigenvalue weighted by atomic mass is 16.7. The molecule has 0 bridgehead atoms. The standard InChI is InChI=1S/C14H14N2O2/c1-17-13-9-5-8-12-14(13)15-10-6-3-4-7-11(10)16(12)18-2/h3-9,15H,1-2H3. The van der Waals surface area contributed by atoms with Crippen molar-refractivity contribution in [2.24, 2.45) is 0 Å². The SMILES string of the molecule is COc1cccc2c1Nc1ccccc1N2OC. The Labute approximate surface area is 106 Å². The van der Waals surface area contributed by atoms with E-state index in [9.17, 15) is 0 Å². The van der Waals surface area contributed by atoms with E-state index >= 15 is 0 Å². The molecular weight excluding hydrogens is 228 g/mol. The van der Waals surface area contributed by atoms with Crippen LogP contribution in [0.25, 0.3) is 0 Å². The van der Waals surface area contributed by atoms with E-state index in [2.05, 4.69) is 5.32 Å². The number of hydrogen-bond acceptors (Lipinski definition) is 4. The molecule has 0 atom stereocenters. The lowest BCUT2D eigenvalue weighted by molar-refractivity contribution is 0.201. The van der Waals surface area contributed by atoms with Gasteiger partial charge in [-0.1, -0.05) is 18.2 Å². The molecule has 0 saturated heterocycles. The van der Waals surface area contributed by atoms with Crippen LogP contribution in [-0.4, -0.2) is 14.2 Å². The Balaban J connectivity index is 2.20. The summed E-state index contributed by atoms with van der Waals surface area (Å²) >= 11 is 0. The maximum atomic E-state index is 5.48. The minimum atomic E-state index is 0.795. The average Bonchev–Trinajstić information content (AvgIpc) is 2.44. The number of anilines is 4. The number of fused-ring (bicyclic) bond motifs is 2. The first-order valence-electron chi connectivity index (χ1n) is 5.72. The summed E-state index contributed by atoms with van der Waals surface area (Å²) in [6.45, 7) is 0. The van der Waals surface area contributed by atoms with Gasteiger partial charge in [-0.3, -0.25) is 4.84 Å². The van der Waals surface area contributed by atoms with E-state index in [0.717, 1.165) is 28.5 Å². The van der Waals surface area contributed by atoms with Crippen molar-refractivity contribution in [2.45, 2.75) is 0 Å². The van der Waals surface area contributed by atoms with E-state index < -0.39 is 0 Å². The molecule has 0 spiro atoms. The average molecular weight is 242 g/mol. The first-order chi connectivity index (χ1) is 8.85. The maximum absolute atomic E-state index is 5.48. The van der Waals surface area contributed by atoms with E-state index in [1.807, 2.05) is 42.5 Å². The Bertz CT molecular complexity index is 584. The molecular formula is C14H14N2O2. The van der Waals surface area contributed by atoms with Gasteiger partial charge in [0.2, 0.25) is 0 Å². The summed E-state index contributed by atoms with van der Waals surface area (Å²) < 4.78 is 5.38. The molecule has 18 heavy (non-hydrogen) atoms. The highest BCUT2D eigenvalue weighted by molar-refractivity contribution is 5.93. The Hall–Kier alpha value is -2.20. The molecule has 2 aromatic rings. The summed E-state index contributed by atoms with van der Waals surface area (Å²) in [6.07, 6.45) is 0. The van der Waals surface area contributed by atoms with Crippen molar-refractivity contribution in [2.75, 3.05) is 24.6 Å². The van der Waals surface area contributed by atoms with Crippen LogP contribution in [0.2, 0.25) is 0 Å². The molecule has 0 fully saturated rings. The fraction of sp³-hybridized carbons (Fsp3) is 0.143. The van der Waals surface area contributed by atoms with Crippen molar-refractivity contribution < 1.29 is 9.57 Å². The van der Waals surface area contributed by atoms with Crippen LogP contribution in [0.5, 0.6) is 5.75 Å². The van der Waals surface area contributed by atoms with Crippen LogP contribution in [0.4, 0.5) is 22.7 Å². The lowest BCUT2D eigenvalue weighted by Crippen LogP contribution is -2.21. The summed E-state index contributed by atoms with van der Waals surface area (Å²) in [6, 6.07) is 13.8. The summed E-state index contributed by atoms with van der Waals surface area (Å²) in [4.78, 5) is 5.48. The Kier molecular flexibility index (Phi) is 2.57. The molecule has 0 aromatic heterocycles. The minimum absolute atomic E-state index is 0.795.